The molecule has 0 amide bonds. The fourth-order valence-corrected chi connectivity index (χ4v) is 28.2. The van der Waals surface area contributed by atoms with Crippen LogP contribution in [0.2, 0.25) is 0 Å². The summed E-state index contributed by atoms with van der Waals surface area (Å²) in [6, 6.07) is 79.6. The van der Waals surface area contributed by atoms with E-state index in [9.17, 15) is 38.8 Å². The minimum atomic E-state index is -3.39. The summed E-state index contributed by atoms with van der Waals surface area (Å²) in [7, 11) is -13.1. The second-order valence-corrected chi connectivity index (χ2v) is 44.0. The first-order chi connectivity index (χ1) is 54.5. The number of sulfone groups is 2. The summed E-state index contributed by atoms with van der Waals surface area (Å²) in [6.45, 7) is 10.8. The summed E-state index contributed by atoms with van der Waals surface area (Å²) in [4.78, 5) is 4.01. The van der Waals surface area contributed by atoms with Gasteiger partial charge < -0.3 is 5.11 Å². The van der Waals surface area contributed by atoms with Gasteiger partial charge >= 0.3 is 0 Å². The number of hydrogen-bond acceptors (Lipinski definition) is 13. The van der Waals surface area contributed by atoms with Crippen molar-refractivity contribution in [1.29, 1.82) is 0 Å². The van der Waals surface area contributed by atoms with Gasteiger partial charge in [0.1, 0.15) is 22.6 Å². The van der Waals surface area contributed by atoms with E-state index in [1.54, 1.807) is 38.9 Å². The third-order valence-corrected chi connectivity index (χ3v) is 36.9. The fourth-order valence-electron chi connectivity index (χ4n) is 15.4. The quantitative estimate of drug-likeness (QED) is 0.0782. The van der Waals surface area contributed by atoms with Gasteiger partial charge in [-0.3, -0.25) is 0 Å². The molecule has 2 aliphatic heterocycles. The average Bonchev–Trinajstić information content (AvgIpc) is 1.71. The number of benzene rings is 8. The van der Waals surface area contributed by atoms with Gasteiger partial charge in [0.2, 0.25) is 0 Å². The van der Waals surface area contributed by atoms with Crippen LogP contribution in [0.1, 0.15) is 169 Å². The number of nitrogens with zero attached hydrogens (tertiary/aromatic N) is 2. The number of thiophene rings is 4. The van der Waals surface area contributed by atoms with Gasteiger partial charge in [-0.1, -0.05) is 233 Å². The number of rotatable bonds is 20. The van der Waals surface area contributed by atoms with E-state index in [0.717, 1.165) is 180 Å². The topological polar surface area (TPSA) is 163 Å². The van der Waals surface area contributed by atoms with Gasteiger partial charge in [0.05, 0.1) is 10.5 Å². The molecule has 113 heavy (non-hydrogen) atoms. The maximum absolute atomic E-state index is 13.0. The third-order valence-electron chi connectivity index (χ3n) is 22.1. The molecule has 0 atom stereocenters. The average molecular weight is 1660 g/mol. The van der Waals surface area contributed by atoms with Crippen LogP contribution in [-0.2, 0) is 65.4 Å². The molecule has 2 aliphatic carbocycles. The standard InChI is InChI=1S/C25H28O2S2.C23H25NO3S2.C23H25NO2S2.C23H24O2S2/c1-18-11-12-21(15-19(18)2)16-20-7-6-8-22(17-20)24-13-14-25(28-24)29(26,27)23-9-4-3-5-10-23;1-17-8-9-19(16-21(17)25)14-18-6-5-7-20(15-18)22-10-11-23(28-22)29(26,27)24-12-3-2-4-13-24;1-18-8-3-4-10-20(18)16-19-9-7-11-21(17-19)22-12-13-23(27-22)28(25,26)24-14-5-2-6-15-24;24-27(25,21-12-5-2-6-13-21)23-15-14-22(26-23)20-11-7-10-19(17-20)16-18-8-3-1-4-9-18/h6-8,11-15,17,23H,3-5,9-10,16H2,1-2H3;5-11,15-16,25H,2-4,12-14H2,1H3;3-4,7-13,17H,2,5-6,14-16H2,1H3;1,3-4,7-11,14-15,17,21H,2,5-6,12-13,16H2. The van der Waals surface area contributed by atoms with Crippen LogP contribution < -0.4 is 0 Å². The van der Waals surface area contributed by atoms with Gasteiger partial charge in [0.25, 0.3) is 20.0 Å². The molecule has 8 aromatic carbocycles. The van der Waals surface area contributed by atoms with E-state index in [1.165, 1.54) is 95.4 Å². The Bertz CT molecular complexity index is 5500. The lowest BCUT2D eigenvalue weighted by atomic mass is 9.99. The molecule has 2 saturated carbocycles. The van der Waals surface area contributed by atoms with Crippen molar-refractivity contribution in [2.24, 2.45) is 0 Å². The van der Waals surface area contributed by atoms with E-state index in [2.05, 4.69) is 172 Å². The maximum atomic E-state index is 13.0. The van der Waals surface area contributed by atoms with Gasteiger partial charge in [-0.15, -0.1) is 45.3 Å². The maximum Gasteiger partial charge on any atom is 0.252 e. The molecule has 4 aromatic heterocycles. The highest BCUT2D eigenvalue weighted by molar-refractivity contribution is 7.94. The van der Waals surface area contributed by atoms with Crippen LogP contribution in [-0.4, -0.2) is 84.1 Å². The lowest BCUT2D eigenvalue weighted by Crippen LogP contribution is -2.35. The van der Waals surface area contributed by atoms with Crippen molar-refractivity contribution >= 4 is 85.1 Å². The van der Waals surface area contributed by atoms with Gasteiger partial charge in [-0.2, -0.15) is 8.61 Å². The molecule has 19 heteroatoms. The lowest BCUT2D eigenvalue weighted by Gasteiger charge is -2.25. The number of sulfonamides is 2. The highest BCUT2D eigenvalue weighted by Gasteiger charge is 2.33. The summed E-state index contributed by atoms with van der Waals surface area (Å²) in [5.74, 6) is 0.310. The molecule has 0 bridgehead atoms. The Morgan fingerprint density at radius 1 is 0.292 bits per heavy atom. The van der Waals surface area contributed by atoms with E-state index in [0.29, 0.717) is 55.2 Å². The van der Waals surface area contributed by atoms with E-state index >= 15 is 0 Å². The Hall–Kier alpha value is -7.92. The molecule has 590 valence electrons. The summed E-state index contributed by atoms with van der Waals surface area (Å²) in [5, 5.41) is 9.55. The first-order valence-corrected chi connectivity index (χ1v) is 49.0. The number of aryl methyl sites for hydroxylation is 4. The molecule has 0 unspecified atom stereocenters. The molecular formula is C94H102N2O9S8. The van der Waals surface area contributed by atoms with Crippen molar-refractivity contribution in [3.63, 3.8) is 0 Å². The normalized spacial score (nSPS) is 15.6. The monoisotopic (exact) mass is 1660 g/mol. The highest BCUT2D eigenvalue weighted by atomic mass is 32.3. The number of phenolic OH excluding ortho intramolecular Hbond substituents is 1. The zero-order valence-electron chi connectivity index (χ0n) is 65.0. The third kappa shape index (κ3) is 21.4. The molecule has 11 nitrogen and oxygen atoms in total. The predicted octanol–water partition coefficient (Wildman–Crippen LogP) is 23.5. The minimum Gasteiger partial charge on any atom is -0.508 e. The van der Waals surface area contributed by atoms with Crippen molar-refractivity contribution in [2.75, 3.05) is 26.2 Å². The van der Waals surface area contributed by atoms with Crippen LogP contribution in [0.15, 0.2) is 253 Å². The van der Waals surface area contributed by atoms with Crippen molar-refractivity contribution < 1.29 is 38.8 Å². The number of hydrogen-bond donors (Lipinski definition) is 1. The molecule has 0 radical (unpaired) electrons. The van der Waals surface area contributed by atoms with E-state index in [4.69, 9.17) is 0 Å². The molecule has 0 spiro atoms. The molecule has 4 aliphatic rings. The predicted molar refractivity (Wildman–Crippen MR) is 470 cm³/mol. The van der Waals surface area contributed by atoms with Crippen LogP contribution in [0.5, 0.6) is 5.75 Å². The number of phenols is 1. The lowest BCUT2D eigenvalue weighted by molar-refractivity contribution is 0.347. The summed E-state index contributed by atoms with van der Waals surface area (Å²) < 4.78 is 109. The van der Waals surface area contributed by atoms with Crippen molar-refractivity contribution in [1.82, 2.24) is 8.61 Å². The molecule has 4 fully saturated rings. The Balaban J connectivity index is 0.000000132. The van der Waals surface area contributed by atoms with Crippen molar-refractivity contribution in [2.45, 2.75) is 183 Å². The Morgan fingerprint density at radius 2 is 0.628 bits per heavy atom. The second-order valence-electron chi connectivity index (χ2n) is 30.5. The molecule has 6 heterocycles. The van der Waals surface area contributed by atoms with E-state index < -0.39 is 39.7 Å². The van der Waals surface area contributed by atoms with E-state index in [1.807, 2.05) is 61.5 Å². The smallest absolute Gasteiger partial charge is 0.252 e. The molecule has 16 rings (SSSR count). The first kappa shape index (κ1) is 83.0. The van der Waals surface area contributed by atoms with Crippen LogP contribution in [0.3, 0.4) is 0 Å². The summed E-state index contributed by atoms with van der Waals surface area (Å²) in [6.07, 6.45) is 19.1. The summed E-state index contributed by atoms with van der Waals surface area (Å²) in [5.41, 5.74) is 18.9. The molecule has 12 aromatic rings. The second kappa shape index (κ2) is 38.2. The summed E-state index contributed by atoms with van der Waals surface area (Å²) >= 11 is 5.54. The molecule has 1 N–H and O–H groups in total. The van der Waals surface area contributed by atoms with Gasteiger partial charge in [0, 0.05) is 45.7 Å². The fraction of sp³-hybridized carbons (Fsp3) is 0.319. The minimum absolute atomic E-state index is 0.192. The number of piperidine rings is 2. The largest absolute Gasteiger partial charge is 0.508 e. The number of aromatic hydroxyl groups is 1. The zero-order chi connectivity index (χ0) is 79.1. The zero-order valence-corrected chi connectivity index (χ0v) is 71.5. The van der Waals surface area contributed by atoms with Gasteiger partial charge in [-0.05, 0) is 248 Å². The Labute approximate surface area is 687 Å². The Kier molecular flexibility index (Phi) is 28.1. The molecular weight excluding hydrogens is 1560 g/mol. The Morgan fingerprint density at radius 3 is 1.04 bits per heavy atom. The van der Waals surface area contributed by atoms with Crippen molar-refractivity contribution in [3.8, 4) is 47.5 Å². The van der Waals surface area contributed by atoms with Crippen LogP contribution in [0.4, 0.5) is 0 Å². The van der Waals surface area contributed by atoms with Crippen LogP contribution in [0.25, 0.3) is 41.8 Å². The van der Waals surface area contributed by atoms with Crippen LogP contribution in [0, 0.1) is 27.7 Å². The van der Waals surface area contributed by atoms with E-state index in [-0.39, 0.29) is 10.5 Å². The SMILES string of the molecule is Cc1ccc(Cc2cccc(-c3ccc(S(=O)(=O)C4CCCCC4)s3)c2)cc1C.Cc1ccc(Cc2cccc(-c3ccc(S(=O)(=O)N4CCCCC4)s3)c2)cc1O.Cc1ccccc1Cc1cccc(-c2ccc(S(=O)(=O)N3CCCCC3)s2)c1.O=S(=O)(c1ccc(-c2cccc(Cc3ccccc3)c2)s1)C1CCCCC1. The molecule has 2 saturated heterocycles. The van der Waals surface area contributed by atoms with Crippen LogP contribution >= 0.6 is 45.3 Å². The highest BCUT2D eigenvalue weighted by Crippen LogP contribution is 2.41. The first-order valence-electron chi connectivity index (χ1n) is 39.7. The van der Waals surface area contributed by atoms with Crippen molar-refractivity contribution in [3.05, 3.63) is 303 Å². The van der Waals surface area contributed by atoms with Gasteiger partial charge in [0.15, 0.2) is 19.7 Å². The van der Waals surface area contributed by atoms with Gasteiger partial charge in [-0.25, -0.2) is 33.7 Å².